The van der Waals surface area contributed by atoms with Crippen LogP contribution < -0.4 is 10.6 Å². The monoisotopic (exact) mass is 353 g/mol. The fourth-order valence-corrected chi connectivity index (χ4v) is 4.16. The van der Waals surface area contributed by atoms with Gasteiger partial charge in [-0.15, -0.1) is 0 Å². The first-order chi connectivity index (χ1) is 12.8. The fraction of sp³-hybridized carbons (Fsp3) is 0.500. The first-order valence-corrected chi connectivity index (χ1v) is 9.56. The molecular weight excluding hydrogens is 326 g/mol. The summed E-state index contributed by atoms with van der Waals surface area (Å²) in [4.78, 5) is 15.5. The van der Waals surface area contributed by atoms with E-state index < -0.39 is 5.54 Å². The Labute approximate surface area is 154 Å². The number of benzene rings is 1. The van der Waals surface area contributed by atoms with Gasteiger partial charge in [-0.2, -0.15) is 5.10 Å². The largest absolute Gasteiger partial charge is 0.353 e. The molecule has 26 heavy (non-hydrogen) atoms. The van der Waals surface area contributed by atoms with Crippen LogP contribution in [0.5, 0.6) is 0 Å². The maximum Gasteiger partial charge on any atom is 0.248 e. The van der Waals surface area contributed by atoms with Gasteiger partial charge in [0.15, 0.2) is 0 Å². The molecule has 6 heteroatoms. The van der Waals surface area contributed by atoms with E-state index >= 15 is 0 Å². The van der Waals surface area contributed by atoms with Crippen molar-refractivity contribution >= 4 is 5.91 Å². The molecule has 3 heterocycles. The van der Waals surface area contributed by atoms with Crippen molar-refractivity contribution in [2.24, 2.45) is 0 Å². The molecule has 138 valence electrons. The minimum atomic E-state index is -0.552. The molecule has 0 saturated carbocycles. The number of fused-ring (bicyclic) bond motifs is 1. The summed E-state index contributed by atoms with van der Waals surface area (Å²) in [6, 6.07) is 10.5. The third kappa shape index (κ3) is 3.39. The van der Waals surface area contributed by atoms with Crippen LogP contribution in [-0.4, -0.2) is 53.3 Å². The number of aromatic nitrogens is 2. The van der Waals surface area contributed by atoms with Gasteiger partial charge in [0.1, 0.15) is 5.54 Å². The maximum absolute atomic E-state index is 13.0. The number of rotatable bonds is 5. The van der Waals surface area contributed by atoms with E-state index in [0.717, 1.165) is 52.0 Å². The Morgan fingerprint density at radius 2 is 2.00 bits per heavy atom. The van der Waals surface area contributed by atoms with E-state index in [2.05, 4.69) is 44.9 Å². The molecule has 1 amide bonds. The SMILES string of the molecule is O=C(NCCN1CCc2ccccc2C1)C1(n2cccn2)CCNCC1. The Morgan fingerprint density at radius 1 is 1.19 bits per heavy atom. The number of carbonyl (C=O) groups excluding carboxylic acids is 1. The van der Waals surface area contributed by atoms with Crippen molar-refractivity contribution in [2.45, 2.75) is 31.3 Å². The second kappa shape index (κ2) is 7.60. The average Bonchev–Trinajstić information content (AvgIpc) is 3.24. The minimum Gasteiger partial charge on any atom is -0.353 e. The normalized spacial score (nSPS) is 19.7. The van der Waals surface area contributed by atoms with Crippen LogP contribution in [0, 0.1) is 0 Å². The fourth-order valence-electron chi connectivity index (χ4n) is 4.16. The van der Waals surface area contributed by atoms with Crippen LogP contribution in [0.25, 0.3) is 0 Å². The number of amides is 1. The molecule has 0 radical (unpaired) electrons. The highest BCUT2D eigenvalue weighted by Gasteiger charge is 2.41. The summed E-state index contributed by atoms with van der Waals surface area (Å²) in [5, 5.41) is 10.9. The number of hydrogen-bond acceptors (Lipinski definition) is 4. The molecule has 1 saturated heterocycles. The van der Waals surface area contributed by atoms with Gasteiger partial charge < -0.3 is 10.6 Å². The van der Waals surface area contributed by atoms with E-state index in [0.29, 0.717) is 6.54 Å². The lowest BCUT2D eigenvalue weighted by atomic mass is 9.87. The van der Waals surface area contributed by atoms with Crippen molar-refractivity contribution in [1.82, 2.24) is 25.3 Å². The minimum absolute atomic E-state index is 0.0973. The lowest BCUT2D eigenvalue weighted by Gasteiger charge is -2.36. The molecule has 4 rings (SSSR count). The third-order valence-corrected chi connectivity index (χ3v) is 5.72. The number of hydrogen-bond donors (Lipinski definition) is 2. The van der Waals surface area contributed by atoms with E-state index in [9.17, 15) is 4.79 Å². The molecule has 2 N–H and O–H groups in total. The van der Waals surface area contributed by atoms with E-state index in [-0.39, 0.29) is 5.91 Å². The number of carbonyl (C=O) groups is 1. The zero-order chi connectivity index (χ0) is 17.8. The highest BCUT2D eigenvalue weighted by atomic mass is 16.2. The van der Waals surface area contributed by atoms with Gasteiger partial charge >= 0.3 is 0 Å². The van der Waals surface area contributed by atoms with Crippen LogP contribution in [0.15, 0.2) is 42.7 Å². The quantitative estimate of drug-likeness (QED) is 0.846. The molecule has 6 nitrogen and oxygen atoms in total. The summed E-state index contributed by atoms with van der Waals surface area (Å²) in [6.07, 6.45) is 6.30. The predicted octanol–water partition coefficient (Wildman–Crippen LogP) is 1.14. The van der Waals surface area contributed by atoms with Crippen LogP contribution in [0.1, 0.15) is 24.0 Å². The first kappa shape index (κ1) is 17.2. The molecule has 1 aromatic heterocycles. The summed E-state index contributed by atoms with van der Waals surface area (Å²) in [5.41, 5.74) is 2.32. The second-order valence-corrected chi connectivity index (χ2v) is 7.28. The van der Waals surface area contributed by atoms with E-state index in [1.54, 1.807) is 6.20 Å². The van der Waals surface area contributed by atoms with E-state index in [4.69, 9.17) is 0 Å². The van der Waals surface area contributed by atoms with Crippen molar-refractivity contribution in [2.75, 3.05) is 32.7 Å². The summed E-state index contributed by atoms with van der Waals surface area (Å²) in [5.74, 6) is 0.0973. The van der Waals surface area contributed by atoms with Gasteiger partial charge in [0.2, 0.25) is 5.91 Å². The molecule has 2 aliphatic heterocycles. The van der Waals surface area contributed by atoms with Gasteiger partial charge in [-0.25, -0.2) is 0 Å². The van der Waals surface area contributed by atoms with Gasteiger partial charge in [-0.1, -0.05) is 24.3 Å². The molecule has 0 spiro atoms. The topological polar surface area (TPSA) is 62.2 Å². The van der Waals surface area contributed by atoms with Gasteiger partial charge in [-0.05, 0) is 49.5 Å². The Kier molecular flexibility index (Phi) is 5.04. The predicted molar refractivity (Wildman–Crippen MR) is 101 cm³/mol. The van der Waals surface area contributed by atoms with Crippen LogP contribution in [0.2, 0.25) is 0 Å². The van der Waals surface area contributed by atoms with Crippen LogP contribution in [0.4, 0.5) is 0 Å². The van der Waals surface area contributed by atoms with Gasteiger partial charge in [0.05, 0.1) is 0 Å². The molecule has 0 aliphatic carbocycles. The molecule has 0 unspecified atom stereocenters. The van der Waals surface area contributed by atoms with Crippen molar-refractivity contribution in [3.63, 3.8) is 0 Å². The number of piperidine rings is 1. The van der Waals surface area contributed by atoms with Gasteiger partial charge in [-0.3, -0.25) is 14.4 Å². The standard InChI is InChI=1S/C20H27N5O/c26-19(20(7-10-21-11-8-20)25-13-3-9-23-25)22-12-15-24-14-6-17-4-1-2-5-18(17)16-24/h1-5,9,13,21H,6-8,10-12,14-16H2,(H,22,26). The number of nitrogens with zero attached hydrogens (tertiary/aromatic N) is 3. The van der Waals surface area contributed by atoms with Crippen LogP contribution in [0.3, 0.4) is 0 Å². The number of nitrogens with one attached hydrogen (secondary N) is 2. The Morgan fingerprint density at radius 3 is 2.77 bits per heavy atom. The molecule has 1 aromatic carbocycles. The molecule has 1 fully saturated rings. The van der Waals surface area contributed by atoms with Crippen molar-refractivity contribution in [1.29, 1.82) is 0 Å². The summed E-state index contributed by atoms with van der Waals surface area (Å²) in [7, 11) is 0. The van der Waals surface area contributed by atoms with E-state index in [1.165, 1.54) is 11.1 Å². The summed E-state index contributed by atoms with van der Waals surface area (Å²) in [6.45, 7) is 5.28. The van der Waals surface area contributed by atoms with Crippen LogP contribution >= 0.6 is 0 Å². The molecular formula is C20H27N5O. The van der Waals surface area contributed by atoms with E-state index in [1.807, 2.05) is 16.9 Å². The summed E-state index contributed by atoms with van der Waals surface area (Å²) >= 11 is 0. The Hall–Kier alpha value is -2.18. The maximum atomic E-state index is 13.0. The molecule has 0 atom stereocenters. The first-order valence-electron chi connectivity index (χ1n) is 9.56. The smallest absolute Gasteiger partial charge is 0.248 e. The average molecular weight is 353 g/mol. The lowest BCUT2D eigenvalue weighted by molar-refractivity contribution is -0.132. The summed E-state index contributed by atoms with van der Waals surface area (Å²) < 4.78 is 1.85. The van der Waals surface area contributed by atoms with Crippen molar-refractivity contribution < 1.29 is 4.79 Å². The lowest BCUT2D eigenvalue weighted by Crippen LogP contribution is -2.55. The molecule has 2 aromatic rings. The van der Waals surface area contributed by atoms with Gasteiger partial charge in [0, 0.05) is 38.6 Å². The molecule has 2 aliphatic rings. The highest BCUT2D eigenvalue weighted by Crippen LogP contribution is 2.27. The zero-order valence-electron chi connectivity index (χ0n) is 15.2. The Bertz CT molecular complexity index is 736. The Balaban J connectivity index is 1.35. The zero-order valence-corrected chi connectivity index (χ0v) is 15.2. The molecule has 0 bridgehead atoms. The second-order valence-electron chi connectivity index (χ2n) is 7.28. The third-order valence-electron chi connectivity index (χ3n) is 5.72. The highest BCUT2D eigenvalue weighted by molar-refractivity contribution is 5.84. The van der Waals surface area contributed by atoms with Gasteiger partial charge in [0.25, 0.3) is 0 Å². The van der Waals surface area contributed by atoms with Crippen molar-refractivity contribution in [3.05, 3.63) is 53.9 Å². The van der Waals surface area contributed by atoms with Crippen LogP contribution in [-0.2, 0) is 23.3 Å². The van der Waals surface area contributed by atoms with Crippen molar-refractivity contribution in [3.8, 4) is 0 Å².